The van der Waals surface area contributed by atoms with Gasteiger partial charge in [0.25, 0.3) is 22.6 Å². The topological polar surface area (TPSA) is 84.7 Å². The van der Waals surface area contributed by atoms with E-state index >= 15 is 0 Å². The first-order valence-electron chi connectivity index (χ1n) is 48.3. The lowest BCUT2D eigenvalue weighted by Crippen LogP contribution is -2.27. The van der Waals surface area contributed by atoms with Gasteiger partial charge in [0.15, 0.2) is 44.1 Å². The summed E-state index contributed by atoms with van der Waals surface area (Å²) in [5, 5.41) is 10.1. The van der Waals surface area contributed by atoms with Crippen molar-refractivity contribution in [3.05, 3.63) is 261 Å². The van der Waals surface area contributed by atoms with E-state index in [1.54, 1.807) is 0 Å². The van der Waals surface area contributed by atoms with Crippen molar-refractivity contribution >= 4 is 154 Å². The molecule has 0 spiro atoms. The van der Waals surface area contributed by atoms with Gasteiger partial charge in [-0.25, -0.2) is 18.3 Å². The average molecular weight is 1750 g/mol. The molecular formula is C120H144N12+4. The molecule has 0 aliphatic carbocycles. The fourth-order valence-electron chi connectivity index (χ4n) is 21.6. The van der Waals surface area contributed by atoms with E-state index in [1.807, 2.05) is 0 Å². The third-order valence-electron chi connectivity index (χ3n) is 26.1. The Bertz CT molecular complexity index is 7910. The summed E-state index contributed by atoms with van der Waals surface area (Å²) >= 11 is 0. The third kappa shape index (κ3) is 17.8. The lowest BCUT2D eigenvalue weighted by molar-refractivity contribution is -0.617. The van der Waals surface area contributed by atoms with E-state index in [9.17, 15) is 0 Å². The van der Waals surface area contributed by atoms with Crippen LogP contribution in [0, 0.1) is 71.0 Å². The molecule has 0 N–H and O–H groups in total. The molecule has 0 aliphatic heterocycles. The molecule has 0 amide bonds. The Labute approximate surface area is 782 Å². The minimum Gasteiger partial charge on any atom is -0.252 e. The van der Waals surface area contributed by atoms with Gasteiger partial charge < -0.3 is 0 Å². The summed E-state index contributed by atoms with van der Waals surface area (Å²) in [6.45, 7) is 64.2. The second-order valence-corrected chi connectivity index (χ2v) is 48.7. The number of aryl methyl sites for hydroxylation is 8. The summed E-state index contributed by atoms with van der Waals surface area (Å²) in [5.74, 6) is 0. The van der Waals surface area contributed by atoms with E-state index in [2.05, 4.69) is 452 Å². The van der Waals surface area contributed by atoms with Crippen LogP contribution < -0.4 is 18.3 Å². The van der Waals surface area contributed by atoms with Crippen LogP contribution in [-0.2, 0) is 79.6 Å². The van der Waals surface area contributed by atoms with Crippen molar-refractivity contribution in [1.29, 1.82) is 0 Å². The number of imidazole rings is 4. The van der Waals surface area contributed by atoms with Crippen LogP contribution >= 0.6 is 0 Å². The van der Waals surface area contributed by atoms with Gasteiger partial charge in [-0.15, -0.1) is 0 Å². The molecular weight excluding hydrogens is 1610 g/mol. The lowest BCUT2D eigenvalue weighted by Gasteiger charge is -2.21. The SMILES string of the molecule is Cc1cc(CC(C)(C)C)nc2c3c(CC(C)(C)C)cccc3n3c4ccccc4[n+](C)c3c12.Cc1cc(CC(C)(C)C)nc2c3cc(CC(C)(C)C)ccc3n3c4ccccc4[n+](C)c3c12.Cc1cc(CC(C)(C)C)nc2c3ccc(CC(C)(C)C)cc3n3c4ccccc4[n+](C)c3c12.Cc1cc(CC(C)(C)C)nc2c3cccc(CC(C)(C)C)c3n3c4ccccc4[n+](C)c3c12. The van der Waals surface area contributed by atoms with E-state index in [0.29, 0.717) is 0 Å². The van der Waals surface area contributed by atoms with E-state index < -0.39 is 0 Å². The molecule has 8 aromatic carbocycles. The van der Waals surface area contributed by atoms with E-state index in [-0.39, 0.29) is 43.3 Å². The Hall–Kier alpha value is -11.8. The minimum absolute atomic E-state index is 0.190. The molecule has 12 heterocycles. The number of fused-ring (bicyclic) bond motifs is 32. The molecule has 0 saturated carbocycles. The number of hydrogen-bond donors (Lipinski definition) is 0. The number of rotatable bonds is 8. The van der Waals surface area contributed by atoms with E-state index in [0.717, 1.165) is 73.4 Å². The molecule has 0 aliphatic rings. The predicted octanol–water partition coefficient (Wildman–Crippen LogP) is 28.4. The second-order valence-electron chi connectivity index (χ2n) is 48.7. The van der Waals surface area contributed by atoms with Crippen LogP contribution in [0.25, 0.3) is 154 Å². The zero-order valence-electron chi connectivity index (χ0n) is 85.5. The Morgan fingerprint density at radius 1 is 0.227 bits per heavy atom. The molecule has 0 radical (unpaired) electrons. The molecule has 20 aromatic rings. The highest BCUT2D eigenvalue weighted by Crippen LogP contribution is 2.44. The molecule has 0 fully saturated rings. The van der Waals surface area contributed by atoms with Crippen molar-refractivity contribution in [2.24, 2.45) is 71.5 Å². The summed E-state index contributed by atoms with van der Waals surface area (Å²) in [6.07, 6.45) is 7.98. The van der Waals surface area contributed by atoms with Crippen molar-refractivity contribution in [3.8, 4) is 0 Å². The molecule has 12 nitrogen and oxygen atoms in total. The van der Waals surface area contributed by atoms with Gasteiger partial charge in [-0.05, 0) is 271 Å². The van der Waals surface area contributed by atoms with Crippen molar-refractivity contribution in [2.45, 2.75) is 245 Å². The molecule has 12 heteroatoms. The quantitative estimate of drug-likeness (QED) is 0.112. The molecule has 132 heavy (non-hydrogen) atoms. The van der Waals surface area contributed by atoms with Crippen LogP contribution in [0.3, 0.4) is 0 Å². The third-order valence-corrected chi connectivity index (χ3v) is 26.1. The van der Waals surface area contributed by atoms with Gasteiger partial charge in [0, 0.05) is 44.5 Å². The summed E-state index contributed by atoms with van der Waals surface area (Å²) in [5.41, 5.74) is 41.4. The monoisotopic (exact) mass is 1750 g/mol. The van der Waals surface area contributed by atoms with Crippen LogP contribution in [0.15, 0.2) is 194 Å². The van der Waals surface area contributed by atoms with Crippen molar-refractivity contribution in [3.63, 3.8) is 0 Å². The fraction of sp³-hybridized carbons (Fsp3) is 0.400. The number of aromatic nitrogens is 12. The van der Waals surface area contributed by atoms with Gasteiger partial charge in [-0.2, -0.15) is 17.6 Å². The maximum atomic E-state index is 5.37. The maximum absolute atomic E-state index is 5.37. The predicted molar refractivity (Wildman–Crippen MR) is 560 cm³/mol. The van der Waals surface area contributed by atoms with Crippen molar-refractivity contribution in [2.75, 3.05) is 0 Å². The summed E-state index contributed by atoms with van der Waals surface area (Å²) in [6, 6.07) is 71.7. The Kier molecular flexibility index (Phi) is 23.1. The molecule has 0 bridgehead atoms. The highest BCUT2D eigenvalue weighted by Gasteiger charge is 2.35. The molecule has 20 rings (SSSR count). The first kappa shape index (κ1) is 92.1. The standard InChI is InChI=1S/4C30H36N3/c1-19-16-21(18-30(5,6)7)31-26-22-13-11-12-20(17-29(2,3)4)27(22)33-24-15-10-9-14-23(24)32(8)28(33)25(19)26;1-19-16-21(18-30(5,6)7)31-27-25(19)28-32(8)22-13-9-10-14-23(22)33(28)24-15-11-12-20(26(24)27)17-29(2,3)4;1-19-15-21(18-30(5,6)7)31-27-22-16-20(17-29(2,3)4)13-14-23(22)33-25-12-10-9-11-24(25)32(8)28(33)26(19)27;1-19-15-21(18-30(5,6)7)31-27-22-14-13-20(17-29(2,3)4)16-25(22)33-24-12-10-9-11-23(24)32(8)28(33)26(19)27/h4*9-16H,17-18H2,1-8H3/q4*+1. The van der Waals surface area contributed by atoms with Crippen LogP contribution in [0.1, 0.15) is 233 Å². The Morgan fingerprint density at radius 2 is 0.523 bits per heavy atom. The first-order valence-corrected chi connectivity index (χ1v) is 48.3. The lowest BCUT2D eigenvalue weighted by atomic mass is 9.86. The van der Waals surface area contributed by atoms with Crippen LogP contribution in [0.2, 0.25) is 0 Å². The van der Waals surface area contributed by atoms with Gasteiger partial charge in [-0.3, -0.25) is 19.9 Å². The Morgan fingerprint density at radius 3 is 0.924 bits per heavy atom. The number of para-hydroxylation sites is 9. The van der Waals surface area contributed by atoms with Crippen LogP contribution in [0.4, 0.5) is 0 Å². The van der Waals surface area contributed by atoms with Crippen molar-refractivity contribution < 1.29 is 18.3 Å². The van der Waals surface area contributed by atoms with Gasteiger partial charge in [0.2, 0.25) is 0 Å². The number of nitrogens with zero attached hydrogens (tertiary/aromatic N) is 12. The molecule has 0 atom stereocenters. The molecule has 0 unspecified atom stereocenters. The van der Waals surface area contributed by atoms with Crippen molar-refractivity contribution in [1.82, 2.24) is 37.5 Å². The minimum atomic E-state index is 0.190. The zero-order chi connectivity index (χ0) is 94.8. The summed E-state index contributed by atoms with van der Waals surface area (Å²) in [7, 11) is 8.74. The van der Waals surface area contributed by atoms with Crippen LogP contribution in [0.5, 0.6) is 0 Å². The molecule has 12 aromatic heterocycles. The van der Waals surface area contributed by atoms with Gasteiger partial charge in [0.1, 0.15) is 22.1 Å². The smallest absolute Gasteiger partial charge is 0.252 e. The first-order chi connectivity index (χ1) is 61.7. The average Bonchev–Trinajstić information content (AvgIpc) is 1.54. The fourth-order valence-corrected chi connectivity index (χ4v) is 21.6. The second kappa shape index (κ2) is 33.2. The molecule has 680 valence electrons. The normalized spacial score (nSPS) is 13.1. The number of pyridine rings is 8. The van der Waals surface area contributed by atoms with E-state index in [4.69, 9.17) is 19.9 Å². The largest absolute Gasteiger partial charge is 0.297 e. The van der Waals surface area contributed by atoms with Gasteiger partial charge >= 0.3 is 0 Å². The Balaban J connectivity index is 0.000000123. The number of hydrogen-bond acceptors (Lipinski definition) is 4. The zero-order valence-corrected chi connectivity index (χ0v) is 85.5. The van der Waals surface area contributed by atoms with E-state index in [1.165, 1.54) is 199 Å². The maximum Gasteiger partial charge on any atom is 0.297 e. The summed E-state index contributed by atoms with van der Waals surface area (Å²) in [4.78, 5) is 21.3. The highest BCUT2D eigenvalue weighted by molar-refractivity contribution is 6.16. The highest BCUT2D eigenvalue weighted by atomic mass is 15.1. The summed E-state index contributed by atoms with van der Waals surface area (Å²) < 4.78 is 19.2. The van der Waals surface area contributed by atoms with Gasteiger partial charge in [-0.1, -0.05) is 251 Å². The van der Waals surface area contributed by atoms with Gasteiger partial charge in [0.05, 0.1) is 77.2 Å². The molecule has 0 saturated heterocycles. The number of benzene rings is 8. The van der Waals surface area contributed by atoms with Crippen LogP contribution in [-0.4, -0.2) is 37.5 Å².